The van der Waals surface area contributed by atoms with E-state index in [0.717, 1.165) is 16.6 Å². The number of nitrogen functional groups attached to an aromatic ring is 1. The lowest BCUT2D eigenvalue weighted by molar-refractivity contribution is 0.103. The fraction of sp³-hybridized carbons (Fsp3) is 0.0588. The molecule has 20 heavy (non-hydrogen) atoms. The lowest BCUT2D eigenvalue weighted by Gasteiger charge is -2.04. The van der Waals surface area contributed by atoms with Crippen molar-refractivity contribution in [2.45, 2.75) is 6.92 Å². The number of aryl methyl sites for hydroxylation is 1. The van der Waals surface area contributed by atoms with Crippen LogP contribution in [0.1, 0.15) is 21.6 Å². The first-order chi connectivity index (χ1) is 9.63. The Hall–Kier alpha value is -2.68. The van der Waals surface area contributed by atoms with Crippen LogP contribution in [0.15, 0.2) is 54.6 Å². The number of pyridine rings is 1. The summed E-state index contributed by atoms with van der Waals surface area (Å²) >= 11 is 0. The van der Waals surface area contributed by atoms with Crippen LogP contribution in [0.5, 0.6) is 0 Å². The Bertz CT molecular complexity index is 792. The van der Waals surface area contributed by atoms with Gasteiger partial charge in [0.25, 0.3) is 0 Å². The first-order valence-corrected chi connectivity index (χ1v) is 6.41. The van der Waals surface area contributed by atoms with Crippen molar-refractivity contribution in [1.82, 2.24) is 4.98 Å². The predicted molar refractivity (Wildman–Crippen MR) is 80.8 cm³/mol. The van der Waals surface area contributed by atoms with Crippen LogP contribution < -0.4 is 5.73 Å². The van der Waals surface area contributed by atoms with Gasteiger partial charge in [-0.25, -0.2) is 0 Å². The molecule has 3 rings (SSSR count). The summed E-state index contributed by atoms with van der Waals surface area (Å²) in [7, 11) is 0. The maximum absolute atomic E-state index is 12.4. The average Bonchev–Trinajstić information content (AvgIpc) is 2.47. The second-order valence-corrected chi connectivity index (χ2v) is 4.81. The van der Waals surface area contributed by atoms with Crippen LogP contribution in [-0.2, 0) is 0 Å². The minimum atomic E-state index is -0.00697. The summed E-state index contributed by atoms with van der Waals surface area (Å²) in [6.45, 7) is 1.95. The van der Waals surface area contributed by atoms with Crippen LogP contribution in [0, 0.1) is 6.92 Å². The molecule has 0 spiro atoms. The van der Waals surface area contributed by atoms with Crippen LogP contribution in [0.4, 0.5) is 5.69 Å². The molecule has 2 aromatic carbocycles. The summed E-state index contributed by atoms with van der Waals surface area (Å²) in [6.07, 6.45) is 0. The number of nitrogens with two attached hydrogens (primary N) is 1. The van der Waals surface area contributed by atoms with Gasteiger partial charge in [0, 0.05) is 27.9 Å². The van der Waals surface area contributed by atoms with E-state index in [1.54, 1.807) is 24.3 Å². The van der Waals surface area contributed by atoms with Gasteiger partial charge in [-0.15, -0.1) is 0 Å². The number of benzene rings is 2. The van der Waals surface area contributed by atoms with E-state index in [1.807, 2.05) is 37.3 Å². The molecule has 1 heterocycles. The van der Waals surface area contributed by atoms with Gasteiger partial charge in [-0.05, 0) is 55.5 Å². The van der Waals surface area contributed by atoms with Gasteiger partial charge >= 0.3 is 0 Å². The maximum atomic E-state index is 12.4. The summed E-state index contributed by atoms with van der Waals surface area (Å²) in [5.74, 6) is -0.00697. The highest BCUT2D eigenvalue weighted by molar-refractivity contribution is 6.10. The fourth-order valence-electron chi connectivity index (χ4n) is 2.17. The molecular formula is C17H14N2O. The maximum Gasteiger partial charge on any atom is 0.193 e. The quantitative estimate of drug-likeness (QED) is 0.569. The van der Waals surface area contributed by atoms with E-state index in [9.17, 15) is 4.79 Å². The average molecular weight is 262 g/mol. The number of hydrogen-bond acceptors (Lipinski definition) is 3. The highest BCUT2D eigenvalue weighted by Gasteiger charge is 2.09. The number of carbonyl (C=O) groups is 1. The van der Waals surface area contributed by atoms with E-state index in [2.05, 4.69) is 4.98 Å². The van der Waals surface area contributed by atoms with Crippen molar-refractivity contribution < 1.29 is 4.79 Å². The summed E-state index contributed by atoms with van der Waals surface area (Å²) < 4.78 is 0. The van der Waals surface area contributed by atoms with Crippen LogP contribution >= 0.6 is 0 Å². The van der Waals surface area contributed by atoms with Crippen molar-refractivity contribution in [3.8, 4) is 0 Å². The molecule has 0 saturated carbocycles. The van der Waals surface area contributed by atoms with E-state index in [4.69, 9.17) is 5.73 Å². The Morgan fingerprint density at radius 1 is 0.950 bits per heavy atom. The second kappa shape index (κ2) is 4.78. The molecule has 2 N–H and O–H groups in total. The molecule has 0 fully saturated rings. The molecular weight excluding hydrogens is 248 g/mol. The third-order valence-corrected chi connectivity index (χ3v) is 3.26. The van der Waals surface area contributed by atoms with Crippen molar-refractivity contribution in [2.75, 3.05) is 5.73 Å². The molecule has 0 saturated heterocycles. The van der Waals surface area contributed by atoms with Gasteiger partial charge in [-0.2, -0.15) is 0 Å². The summed E-state index contributed by atoms with van der Waals surface area (Å²) in [5.41, 5.74) is 9.45. The van der Waals surface area contributed by atoms with Gasteiger partial charge in [0.1, 0.15) is 0 Å². The van der Waals surface area contributed by atoms with E-state index < -0.39 is 0 Å². The molecule has 0 atom stereocenters. The third-order valence-electron chi connectivity index (χ3n) is 3.26. The standard InChI is InChI=1S/C17H14N2O/c1-11-2-3-13-10-14(6-9-16(13)19-11)17(20)12-4-7-15(18)8-5-12/h2-10H,18H2,1H3. The van der Waals surface area contributed by atoms with E-state index in [-0.39, 0.29) is 5.78 Å². The summed E-state index contributed by atoms with van der Waals surface area (Å²) in [5, 5.41) is 0.969. The SMILES string of the molecule is Cc1ccc2cc(C(=O)c3ccc(N)cc3)ccc2n1. The molecule has 1 aromatic heterocycles. The third kappa shape index (κ3) is 2.26. The van der Waals surface area contributed by atoms with Crippen LogP contribution in [0.2, 0.25) is 0 Å². The second-order valence-electron chi connectivity index (χ2n) is 4.81. The molecule has 0 aliphatic carbocycles. The minimum Gasteiger partial charge on any atom is -0.399 e. The normalized spacial score (nSPS) is 10.7. The van der Waals surface area contributed by atoms with Gasteiger partial charge in [0.2, 0.25) is 0 Å². The van der Waals surface area contributed by atoms with Crippen molar-refractivity contribution in [3.05, 3.63) is 71.4 Å². The van der Waals surface area contributed by atoms with Gasteiger partial charge in [0.05, 0.1) is 5.52 Å². The zero-order chi connectivity index (χ0) is 14.1. The van der Waals surface area contributed by atoms with Gasteiger partial charge in [-0.1, -0.05) is 6.07 Å². The number of rotatable bonds is 2. The molecule has 0 bridgehead atoms. The van der Waals surface area contributed by atoms with Crippen molar-refractivity contribution in [3.63, 3.8) is 0 Å². The highest BCUT2D eigenvalue weighted by atomic mass is 16.1. The first-order valence-electron chi connectivity index (χ1n) is 6.41. The summed E-state index contributed by atoms with van der Waals surface area (Å²) in [4.78, 5) is 16.8. The number of aromatic nitrogens is 1. The molecule has 3 heteroatoms. The lowest BCUT2D eigenvalue weighted by atomic mass is 10.0. The molecule has 0 aliphatic heterocycles. The summed E-state index contributed by atoms with van der Waals surface area (Å²) in [6, 6.07) is 16.5. The number of anilines is 1. The Kier molecular flexibility index (Phi) is 2.95. The molecule has 3 aromatic rings. The molecule has 0 aliphatic rings. The predicted octanol–water partition coefficient (Wildman–Crippen LogP) is 3.36. The number of fused-ring (bicyclic) bond motifs is 1. The van der Waals surface area contributed by atoms with Gasteiger partial charge in [-0.3, -0.25) is 9.78 Å². The van der Waals surface area contributed by atoms with Crippen molar-refractivity contribution in [1.29, 1.82) is 0 Å². The van der Waals surface area contributed by atoms with E-state index >= 15 is 0 Å². The molecule has 0 amide bonds. The molecule has 0 unspecified atom stereocenters. The number of ketones is 1. The molecule has 98 valence electrons. The smallest absolute Gasteiger partial charge is 0.193 e. The Morgan fingerprint density at radius 3 is 2.40 bits per heavy atom. The van der Waals surface area contributed by atoms with Gasteiger partial charge < -0.3 is 5.73 Å². The van der Waals surface area contributed by atoms with Crippen molar-refractivity contribution in [2.24, 2.45) is 0 Å². The van der Waals surface area contributed by atoms with E-state index in [0.29, 0.717) is 16.8 Å². The van der Waals surface area contributed by atoms with Crippen LogP contribution in [0.3, 0.4) is 0 Å². The first kappa shape index (κ1) is 12.4. The zero-order valence-electron chi connectivity index (χ0n) is 11.1. The molecule has 0 radical (unpaired) electrons. The fourth-order valence-corrected chi connectivity index (χ4v) is 2.17. The highest BCUT2D eigenvalue weighted by Crippen LogP contribution is 2.18. The number of nitrogens with zero attached hydrogens (tertiary/aromatic N) is 1. The Balaban J connectivity index is 2.03. The molecule has 3 nitrogen and oxygen atoms in total. The monoisotopic (exact) mass is 262 g/mol. The minimum absolute atomic E-state index is 0.00697. The Morgan fingerprint density at radius 2 is 1.65 bits per heavy atom. The van der Waals surface area contributed by atoms with Crippen LogP contribution in [0.25, 0.3) is 10.9 Å². The van der Waals surface area contributed by atoms with Crippen LogP contribution in [-0.4, -0.2) is 10.8 Å². The Labute approximate surface area is 117 Å². The number of hydrogen-bond donors (Lipinski definition) is 1. The van der Waals surface area contributed by atoms with Crippen molar-refractivity contribution >= 4 is 22.4 Å². The largest absolute Gasteiger partial charge is 0.399 e. The zero-order valence-corrected chi connectivity index (χ0v) is 11.1. The van der Waals surface area contributed by atoms with E-state index in [1.165, 1.54) is 0 Å². The lowest BCUT2D eigenvalue weighted by Crippen LogP contribution is -2.01. The van der Waals surface area contributed by atoms with Gasteiger partial charge in [0.15, 0.2) is 5.78 Å². The number of carbonyl (C=O) groups excluding carboxylic acids is 1. The topological polar surface area (TPSA) is 56.0 Å².